The van der Waals surface area contributed by atoms with Crippen molar-refractivity contribution < 1.29 is 4.39 Å². The van der Waals surface area contributed by atoms with Gasteiger partial charge in [0.1, 0.15) is 5.82 Å². The zero-order valence-corrected chi connectivity index (χ0v) is 10.6. The fourth-order valence-electron chi connectivity index (χ4n) is 1.65. The van der Waals surface area contributed by atoms with E-state index in [2.05, 4.69) is 9.59 Å². The molecule has 0 fully saturated rings. The van der Waals surface area contributed by atoms with E-state index in [4.69, 9.17) is 5.73 Å². The van der Waals surface area contributed by atoms with E-state index in [1.807, 2.05) is 13.0 Å². The summed E-state index contributed by atoms with van der Waals surface area (Å²) >= 11 is 1.28. The van der Waals surface area contributed by atoms with Crippen molar-refractivity contribution in [1.29, 1.82) is 0 Å². The number of rotatable bonds is 3. The number of nitrogens with zero attached hydrogens (tertiary/aromatic N) is 2. The Balaban J connectivity index is 2.36. The summed E-state index contributed by atoms with van der Waals surface area (Å²) in [6.45, 7) is 3.74. The molecule has 1 aromatic heterocycles. The van der Waals surface area contributed by atoms with E-state index in [-0.39, 0.29) is 11.9 Å². The van der Waals surface area contributed by atoms with Crippen LogP contribution in [0.3, 0.4) is 0 Å². The van der Waals surface area contributed by atoms with Crippen LogP contribution >= 0.6 is 11.5 Å². The van der Waals surface area contributed by atoms with Gasteiger partial charge in [-0.15, -0.1) is 5.10 Å². The molecular formula is C12H14FN3S. The molecule has 2 rings (SSSR count). The van der Waals surface area contributed by atoms with Crippen LogP contribution in [-0.2, 0) is 6.42 Å². The Bertz CT molecular complexity index is 524. The van der Waals surface area contributed by atoms with Crippen molar-refractivity contribution in [1.82, 2.24) is 9.59 Å². The molecule has 0 saturated carbocycles. The lowest BCUT2D eigenvalue weighted by Crippen LogP contribution is -2.12. The van der Waals surface area contributed by atoms with Crippen molar-refractivity contribution in [3.05, 3.63) is 45.7 Å². The van der Waals surface area contributed by atoms with Crippen LogP contribution in [-0.4, -0.2) is 9.59 Å². The number of aromatic nitrogens is 2. The molecule has 0 saturated heterocycles. The average molecular weight is 251 g/mol. The number of benzene rings is 1. The van der Waals surface area contributed by atoms with Crippen LogP contribution in [0.5, 0.6) is 0 Å². The third kappa shape index (κ3) is 2.35. The summed E-state index contributed by atoms with van der Waals surface area (Å²) in [7, 11) is 0. The molecule has 5 heteroatoms. The molecule has 1 aromatic carbocycles. The largest absolute Gasteiger partial charge is 0.319 e. The minimum absolute atomic E-state index is 0.228. The van der Waals surface area contributed by atoms with Crippen molar-refractivity contribution in [2.24, 2.45) is 5.73 Å². The Morgan fingerprint density at radius 1 is 1.47 bits per heavy atom. The maximum Gasteiger partial charge on any atom is 0.126 e. The molecule has 2 N–H and O–H groups in total. The summed E-state index contributed by atoms with van der Waals surface area (Å²) in [5.41, 5.74) is 8.39. The lowest BCUT2D eigenvalue weighted by atomic mass is 10.0. The van der Waals surface area contributed by atoms with E-state index in [1.54, 1.807) is 13.0 Å². The summed E-state index contributed by atoms with van der Waals surface area (Å²) in [6, 6.07) is 4.73. The van der Waals surface area contributed by atoms with E-state index in [0.717, 1.165) is 22.6 Å². The Kier molecular flexibility index (Phi) is 3.49. The molecule has 90 valence electrons. The molecule has 17 heavy (non-hydrogen) atoms. The van der Waals surface area contributed by atoms with Gasteiger partial charge in [0.2, 0.25) is 0 Å². The van der Waals surface area contributed by atoms with E-state index < -0.39 is 0 Å². The van der Waals surface area contributed by atoms with Crippen molar-refractivity contribution >= 4 is 11.5 Å². The highest BCUT2D eigenvalue weighted by atomic mass is 32.1. The highest BCUT2D eigenvalue weighted by Gasteiger charge is 2.17. The Morgan fingerprint density at radius 2 is 2.24 bits per heavy atom. The number of aryl methyl sites for hydroxylation is 2. The van der Waals surface area contributed by atoms with Gasteiger partial charge in [0, 0.05) is 0 Å². The first kappa shape index (κ1) is 12.1. The van der Waals surface area contributed by atoms with Gasteiger partial charge in [-0.05, 0) is 42.1 Å². The minimum Gasteiger partial charge on any atom is -0.319 e. The third-order valence-corrected chi connectivity index (χ3v) is 3.61. The maximum absolute atomic E-state index is 13.5. The zero-order valence-electron chi connectivity index (χ0n) is 9.77. The smallest absolute Gasteiger partial charge is 0.126 e. The highest BCUT2D eigenvalue weighted by molar-refractivity contribution is 7.05. The number of hydrogen-bond acceptors (Lipinski definition) is 4. The summed E-state index contributed by atoms with van der Waals surface area (Å²) in [6.07, 6.45) is 0.786. The zero-order chi connectivity index (χ0) is 12.4. The minimum atomic E-state index is -0.347. The second kappa shape index (κ2) is 4.89. The predicted molar refractivity (Wildman–Crippen MR) is 66.5 cm³/mol. The van der Waals surface area contributed by atoms with Gasteiger partial charge in [0.05, 0.1) is 16.6 Å². The Labute approximate surface area is 104 Å². The SMILES string of the molecule is CCc1nnsc1C(N)c1ccc(C)c(F)c1. The van der Waals surface area contributed by atoms with Gasteiger partial charge in [0.15, 0.2) is 0 Å². The first-order valence-corrected chi connectivity index (χ1v) is 6.23. The lowest BCUT2D eigenvalue weighted by molar-refractivity contribution is 0.614. The Morgan fingerprint density at radius 3 is 2.88 bits per heavy atom. The number of hydrogen-bond donors (Lipinski definition) is 1. The van der Waals surface area contributed by atoms with Crippen LogP contribution in [0.25, 0.3) is 0 Å². The number of nitrogens with two attached hydrogens (primary N) is 1. The van der Waals surface area contributed by atoms with E-state index in [1.165, 1.54) is 17.6 Å². The first-order valence-electron chi connectivity index (χ1n) is 5.46. The van der Waals surface area contributed by atoms with Crippen LogP contribution < -0.4 is 5.73 Å². The molecule has 0 bridgehead atoms. The molecule has 0 spiro atoms. The first-order chi connectivity index (χ1) is 8.13. The fraction of sp³-hybridized carbons (Fsp3) is 0.333. The molecule has 1 unspecified atom stereocenters. The van der Waals surface area contributed by atoms with Gasteiger partial charge in [-0.3, -0.25) is 0 Å². The van der Waals surface area contributed by atoms with Crippen LogP contribution in [0.15, 0.2) is 18.2 Å². The monoisotopic (exact) mass is 251 g/mol. The molecule has 1 heterocycles. The fourth-order valence-corrected chi connectivity index (χ4v) is 2.42. The van der Waals surface area contributed by atoms with Crippen molar-refractivity contribution in [2.45, 2.75) is 26.3 Å². The van der Waals surface area contributed by atoms with Crippen molar-refractivity contribution in [3.63, 3.8) is 0 Å². The second-order valence-corrected chi connectivity index (χ2v) is 4.71. The quantitative estimate of drug-likeness (QED) is 0.912. The van der Waals surface area contributed by atoms with E-state index >= 15 is 0 Å². The van der Waals surface area contributed by atoms with Crippen LogP contribution in [0.1, 0.15) is 34.7 Å². The molecular weight excluding hydrogens is 237 g/mol. The van der Waals surface area contributed by atoms with Crippen LogP contribution in [0, 0.1) is 12.7 Å². The molecule has 3 nitrogen and oxygen atoms in total. The topological polar surface area (TPSA) is 51.8 Å². The van der Waals surface area contributed by atoms with Gasteiger partial charge in [0.25, 0.3) is 0 Å². The summed E-state index contributed by atoms with van der Waals surface area (Å²) in [5.74, 6) is -0.228. The van der Waals surface area contributed by atoms with Crippen molar-refractivity contribution in [3.8, 4) is 0 Å². The van der Waals surface area contributed by atoms with Gasteiger partial charge in [-0.25, -0.2) is 4.39 Å². The molecule has 0 radical (unpaired) electrons. The van der Waals surface area contributed by atoms with Gasteiger partial charge in [-0.1, -0.05) is 23.5 Å². The normalized spacial score (nSPS) is 12.7. The summed E-state index contributed by atoms with van der Waals surface area (Å²) in [4.78, 5) is 0.913. The number of halogens is 1. The molecule has 0 aliphatic carbocycles. The van der Waals surface area contributed by atoms with E-state index in [9.17, 15) is 4.39 Å². The standard InChI is InChI=1S/C12H14FN3S/c1-3-10-12(17-16-15-10)11(14)8-5-4-7(2)9(13)6-8/h4-6,11H,3,14H2,1-2H3. The molecule has 2 aromatic rings. The summed E-state index contributed by atoms with van der Waals surface area (Å²) in [5, 5.41) is 4.02. The summed E-state index contributed by atoms with van der Waals surface area (Å²) < 4.78 is 17.4. The van der Waals surface area contributed by atoms with Gasteiger partial charge in [-0.2, -0.15) is 0 Å². The molecule has 0 aliphatic rings. The van der Waals surface area contributed by atoms with Crippen molar-refractivity contribution in [2.75, 3.05) is 0 Å². The lowest BCUT2D eigenvalue weighted by Gasteiger charge is -2.11. The Hall–Kier alpha value is -1.33. The second-order valence-electron chi connectivity index (χ2n) is 3.92. The maximum atomic E-state index is 13.5. The average Bonchev–Trinajstić information content (AvgIpc) is 2.80. The molecule has 0 amide bonds. The molecule has 1 atom stereocenters. The highest BCUT2D eigenvalue weighted by Crippen LogP contribution is 2.26. The van der Waals surface area contributed by atoms with Crippen LogP contribution in [0.4, 0.5) is 4.39 Å². The predicted octanol–water partition coefficient (Wildman–Crippen LogP) is 2.60. The van der Waals surface area contributed by atoms with Gasteiger partial charge >= 0.3 is 0 Å². The van der Waals surface area contributed by atoms with Gasteiger partial charge < -0.3 is 5.73 Å². The third-order valence-electron chi connectivity index (χ3n) is 2.76. The van der Waals surface area contributed by atoms with Crippen LogP contribution in [0.2, 0.25) is 0 Å². The van der Waals surface area contributed by atoms with E-state index in [0.29, 0.717) is 5.56 Å². The molecule has 0 aliphatic heterocycles.